The first-order valence-corrected chi connectivity index (χ1v) is 7.92. The molecule has 0 radical (unpaired) electrons. The molecule has 0 bridgehead atoms. The first kappa shape index (κ1) is 13.7. The monoisotopic (exact) mass is 281 g/mol. The van der Waals surface area contributed by atoms with Crippen molar-refractivity contribution in [1.29, 1.82) is 0 Å². The molecule has 18 heavy (non-hydrogen) atoms. The Kier molecular flexibility index (Phi) is 4.95. The molecule has 2 aromatic rings. The van der Waals surface area contributed by atoms with E-state index in [-0.39, 0.29) is 24.6 Å². The van der Waals surface area contributed by atoms with E-state index >= 15 is 0 Å². The van der Waals surface area contributed by atoms with E-state index in [0.29, 0.717) is 0 Å². The molecule has 2 nitrogen and oxygen atoms in total. The summed E-state index contributed by atoms with van der Waals surface area (Å²) in [5.74, 6) is 0.257. The van der Waals surface area contributed by atoms with Crippen LogP contribution in [0.15, 0.2) is 35.0 Å². The number of thiophene rings is 2. The van der Waals surface area contributed by atoms with Crippen molar-refractivity contribution in [3.8, 4) is 0 Å². The summed E-state index contributed by atoms with van der Waals surface area (Å²) in [6, 6.07) is 9.03. The van der Waals surface area contributed by atoms with Crippen LogP contribution in [-0.4, -0.2) is 17.8 Å². The zero-order valence-corrected chi connectivity index (χ0v) is 12.3. The minimum Gasteiger partial charge on any atom is -0.396 e. The second kappa shape index (κ2) is 6.48. The van der Waals surface area contributed by atoms with Gasteiger partial charge in [0.2, 0.25) is 0 Å². The van der Waals surface area contributed by atoms with E-state index in [0.717, 1.165) is 0 Å². The zero-order chi connectivity index (χ0) is 13.0. The summed E-state index contributed by atoms with van der Waals surface area (Å²) >= 11 is 3.54. The Morgan fingerprint density at radius 3 is 2.06 bits per heavy atom. The van der Waals surface area contributed by atoms with Crippen LogP contribution in [0.3, 0.4) is 0 Å². The van der Waals surface area contributed by atoms with Crippen molar-refractivity contribution in [2.24, 2.45) is 5.92 Å². The van der Waals surface area contributed by atoms with Gasteiger partial charge in [-0.25, -0.2) is 0 Å². The van der Waals surface area contributed by atoms with E-state index in [1.807, 2.05) is 0 Å². The van der Waals surface area contributed by atoms with Crippen LogP contribution in [0.2, 0.25) is 0 Å². The average molecular weight is 281 g/mol. The Morgan fingerprint density at radius 2 is 1.67 bits per heavy atom. The van der Waals surface area contributed by atoms with Gasteiger partial charge in [0.25, 0.3) is 0 Å². The van der Waals surface area contributed by atoms with Gasteiger partial charge in [-0.1, -0.05) is 19.1 Å². The van der Waals surface area contributed by atoms with Crippen molar-refractivity contribution in [2.75, 3.05) is 6.61 Å². The Hall–Kier alpha value is -0.680. The summed E-state index contributed by atoms with van der Waals surface area (Å²) in [4.78, 5) is 2.66. The second-order valence-corrected chi connectivity index (χ2v) is 6.54. The maximum absolute atomic E-state index is 9.24. The molecule has 0 aliphatic carbocycles. The van der Waals surface area contributed by atoms with Crippen LogP contribution in [0, 0.1) is 5.92 Å². The highest BCUT2D eigenvalue weighted by Gasteiger charge is 2.20. The van der Waals surface area contributed by atoms with Crippen molar-refractivity contribution in [2.45, 2.75) is 25.9 Å². The minimum absolute atomic E-state index is 0.218. The lowest BCUT2D eigenvalue weighted by molar-refractivity contribution is 0.204. The zero-order valence-electron chi connectivity index (χ0n) is 10.7. The third kappa shape index (κ3) is 3.20. The normalized spacial score (nSPS) is 14.9. The van der Waals surface area contributed by atoms with Crippen molar-refractivity contribution in [3.63, 3.8) is 0 Å². The van der Waals surface area contributed by atoms with Gasteiger partial charge in [-0.2, -0.15) is 0 Å². The lowest BCUT2D eigenvalue weighted by Gasteiger charge is -2.25. The molecular weight excluding hydrogens is 262 g/mol. The van der Waals surface area contributed by atoms with E-state index in [1.54, 1.807) is 22.7 Å². The van der Waals surface area contributed by atoms with Crippen LogP contribution in [0.25, 0.3) is 0 Å². The van der Waals surface area contributed by atoms with Gasteiger partial charge in [0.15, 0.2) is 0 Å². The number of hydrogen-bond donors (Lipinski definition) is 2. The van der Waals surface area contributed by atoms with Crippen LogP contribution in [-0.2, 0) is 0 Å². The molecule has 0 saturated heterocycles. The fourth-order valence-electron chi connectivity index (χ4n) is 1.80. The highest BCUT2D eigenvalue weighted by molar-refractivity contribution is 7.11. The average Bonchev–Trinajstić information content (AvgIpc) is 3.06. The fraction of sp³-hybridized carbons (Fsp3) is 0.429. The highest BCUT2D eigenvalue weighted by Crippen LogP contribution is 2.30. The van der Waals surface area contributed by atoms with Gasteiger partial charge >= 0.3 is 0 Å². The molecule has 2 atom stereocenters. The van der Waals surface area contributed by atoms with Crippen LogP contribution in [0.1, 0.15) is 29.6 Å². The molecule has 0 aliphatic rings. The van der Waals surface area contributed by atoms with Crippen LogP contribution in [0.5, 0.6) is 0 Å². The molecule has 98 valence electrons. The first-order chi connectivity index (χ1) is 8.72. The van der Waals surface area contributed by atoms with Gasteiger partial charge in [0.05, 0.1) is 6.04 Å². The summed E-state index contributed by atoms with van der Waals surface area (Å²) in [6.07, 6.45) is 0. The van der Waals surface area contributed by atoms with E-state index < -0.39 is 0 Å². The standard InChI is InChI=1S/C14H19NOS2/c1-10(9-16)11(2)15-14(12-5-3-7-17-12)13-6-4-8-18-13/h3-8,10-11,14-16H,9H2,1-2H3. The summed E-state index contributed by atoms with van der Waals surface area (Å²) in [5, 5.41) is 17.1. The Morgan fingerprint density at radius 1 is 1.11 bits per heavy atom. The minimum atomic E-state index is 0.218. The molecule has 0 amide bonds. The molecule has 0 saturated carbocycles. The maximum atomic E-state index is 9.24. The number of hydrogen-bond acceptors (Lipinski definition) is 4. The van der Waals surface area contributed by atoms with Gasteiger partial charge in [-0.05, 0) is 35.7 Å². The molecular formula is C14H19NOS2. The summed E-state index contributed by atoms with van der Waals surface area (Å²) in [6.45, 7) is 4.42. The van der Waals surface area contributed by atoms with Crippen molar-refractivity contribution in [3.05, 3.63) is 44.8 Å². The third-order valence-electron chi connectivity index (χ3n) is 3.23. The fourth-order valence-corrected chi connectivity index (χ4v) is 3.48. The Bertz CT molecular complexity index is 404. The summed E-state index contributed by atoms with van der Waals surface area (Å²) in [5.41, 5.74) is 0. The molecule has 2 aromatic heterocycles. The van der Waals surface area contributed by atoms with E-state index in [1.165, 1.54) is 9.75 Å². The van der Waals surface area contributed by atoms with Crippen LogP contribution in [0.4, 0.5) is 0 Å². The van der Waals surface area contributed by atoms with E-state index in [4.69, 9.17) is 0 Å². The van der Waals surface area contributed by atoms with Gasteiger partial charge < -0.3 is 10.4 Å². The lowest BCUT2D eigenvalue weighted by atomic mass is 10.0. The number of aliphatic hydroxyl groups excluding tert-OH is 1. The predicted molar refractivity (Wildman–Crippen MR) is 79.3 cm³/mol. The SMILES string of the molecule is CC(CO)C(C)NC(c1cccs1)c1cccs1. The molecule has 0 aromatic carbocycles. The van der Waals surface area contributed by atoms with E-state index in [2.05, 4.69) is 54.2 Å². The van der Waals surface area contributed by atoms with Crippen LogP contribution >= 0.6 is 22.7 Å². The number of aliphatic hydroxyl groups is 1. The predicted octanol–water partition coefficient (Wildman–Crippen LogP) is 3.51. The summed E-state index contributed by atoms with van der Waals surface area (Å²) < 4.78 is 0. The first-order valence-electron chi connectivity index (χ1n) is 6.16. The maximum Gasteiger partial charge on any atom is 0.0767 e. The molecule has 4 heteroatoms. The third-order valence-corrected chi connectivity index (χ3v) is 5.10. The molecule has 0 spiro atoms. The van der Waals surface area contributed by atoms with Gasteiger partial charge in [-0.3, -0.25) is 0 Å². The molecule has 0 fully saturated rings. The van der Waals surface area contributed by atoms with Gasteiger partial charge in [0, 0.05) is 22.4 Å². The molecule has 2 rings (SSSR count). The smallest absolute Gasteiger partial charge is 0.0767 e. The Balaban J connectivity index is 2.16. The second-order valence-electron chi connectivity index (χ2n) is 4.58. The Labute approximate surface area is 116 Å². The quantitative estimate of drug-likeness (QED) is 0.849. The largest absolute Gasteiger partial charge is 0.396 e. The van der Waals surface area contributed by atoms with Gasteiger partial charge in [0.1, 0.15) is 0 Å². The summed E-state index contributed by atoms with van der Waals surface area (Å²) in [7, 11) is 0. The molecule has 0 aliphatic heterocycles. The van der Waals surface area contributed by atoms with Crippen molar-refractivity contribution < 1.29 is 5.11 Å². The van der Waals surface area contributed by atoms with Crippen LogP contribution < -0.4 is 5.32 Å². The lowest BCUT2D eigenvalue weighted by Crippen LogP contribution is -2.36. The highest BCUT2D eigenvalue weighted by atomic mass is 32.1. The van der Waals surface area contributed by atoms with Crippen molar-refractivity contribution in [1.82, 2.24) is 5.32 Å². The van der Waals surface area contributed by atoms with E-state index in [9.17, 15) is 5.11 Å². The number of nitrogens with one attached hydrogen (secondary N) is 1. The van der Waals surface area contributed by atoms with Gasteiger partial charge in [-0.15, -0.1) is 22.7 Å². The topological polar surface area (TPSA) is 32.3 Å². The number of rotatable bonds is 6. The molecule has 2 N–H and O–H groups in total. The molecule has 2 unspecified atom stereocenters. The molecule has 2 heterocycles. The van der Waals surface area contributed by atoms with Crippen molar-refractivity contribution >= 4 is 22.7 Å².